The van der Waals surface area contributed by atoms with Crippen LogP contribution < -0.4 is 16.4 Å². The number of aliphatic hydroxyl groups is 2. The zero-order chi connectivity index (χ0) is 26.6. The highest BCUT2D eigenvalue weighted by Crippen LogP contribution is 2.44. The van der Waals surface area contributed by atoms with E-state index in [0.717, 1.165) is 24.3 Å². The van der Waals surface area contributed by atoms with Gasteiger partial charge in [0.1, 0.15) is 28.8 Å². The maximum absolute atomic E-state index is 15.4. The number of carbonyl (C=O) groups is 1. The van der Waals surface area contributed by atoms with Gasteiger partial charge >= 0.3 is 0 Å². The largest absolute Gasteiger partial charge is 0.391 e. The fraction of sp³-hybridized carbons (Fsp3) is 0.346. The van der Waals surface area contributed by atoms with Crippen molar-refractivity contribution in [2.45, 2.75) is 38.0 Å². The molecule has 0 bridgehead atoms. The van der Waals surface area contributed by atoms with E-state index >= 15 is 4.39 Å². The minimum absolute atomic E-state index is 0. The summed E-state index contributed by atoms with van der Waals surface area (Å²) in [5, 5.41) is 20.8. The van der Waals surface area contributed by atoms with Gasteiger partial charge < -0.3 is 26.6 Å². The topological polar surface area (TPSA) is 139 Å². The van der Waals surface area contributed by atoms with Gasteiger partial charge in [0.15, 0.2) is 0 Å². The summed E-state index contributed by atoms with van der Waals surface area (Å²) in [6.07, 6.45) is 0.778. The van der Waals surface area contributed by atoms with Crippen molar-refractivity contribution >= 4 is 36.4 Å². The minimum atomic E-state index is -1.06. The fourth-order valence-electron chi connectivity index (χ4n) is 5.35. The van der Waals surface area contributed by atoms with E-state index in [1.165, 1.54) is 6.20 Å². The van der Waals surface area contributed by atoms with Crippen molar-refractivity contribution in [3.63, 3.8) is 0 Å². The van der Waals surface area contributed by atoms with Crippen molar-refractivity contribution in [1.29, 1.82) is 0 Å². The molecule has 39 heavy (non-hydrogen) atoms. The van der Waals surface area contributed by atoms with E-state index in [1.807, 2.05) is 11.8 Å². The van der Waals surface area contributed by atoms with Gasteiger partial charge in [0.25, 0.3) is 5.91 Å². The number of rotatable bonds is 4. The van der Waals surface area contributed by atoms with Gasteiger partial charge in [-0.15, -0.1) is 24.8 Å². The Kier molecular flexibility index (Phi) is 9.13. The monoisotopic (exact) mass is 585 g/mol. The summed E-state index contributed by atoms with van der Waals surface area (Å²) in [4.78, 5) is 22.8. The molecule has 2 aromatic heterocycles. The molecule has 1 aliphatic heterocycles. The van der Waals surface area contributed by atoms with Crippen LogP contribution in [0.2, 0.25) is 0 Å². The molecular weight excluding hydrogens is 558 g/mol. The second-order valence-electron chi connectivity index (χ2n) is 9.65. The van der Waals surface area contributed by atoms with Crippen LogP contribution in [0.15, 0.2) is 30.5 Å². The molecule has 8 nitrogen and oxygen atoms in total. The Balaban J connectivity index is 0.00000210. The van der Waals surface area contributed by atoms with E-state index in [-0.39, 0.29) is 42.8 Å². The molecule has 0 saturated carbocycles. The van der Waals surface area contributed by atoms with Crippen LogP contribution >= 0.6 is 24.8 Å². The predicted molar refractivity (Wildman–Crippen MR) is 144 cm³/mol. The van der Waals surface area contributed by atoms with Crippen LogP contribution in [0.4, 0.5) is 18.9 Å². The van der Waals surface area contributed by atoms with Gasteiger partial charge in [0.05, 0.1) is 29.2 Å². The van der Waals surface area contributed by atoms with Crippen LogP contribution in [0.5, 0.6) is 0 Å². The first-order valence-electron chi connectivity index (χ1n) is 11.9. The van der Waals surface area contributed by atoms with E-state index < -0.39 is 58.6 Å². The van der Waals surface area contributed by atoms with E-state index in [2.05, 4.69) is 9.97 Å². The molecule has 1 saturated heterocycles. The molecule has 210 valence electrons. The van der Waals surface area contributed by atoms with Crippen molar-refractivity contribution in [2.75, 3.05) is 18.0 Å². The third-order valence-corrected chi connectivity index (χ3v) is 7.14. The van der Waals surface area contributed by atoms with Crippen LogP contribution in [0, 0.1) is 23.4 Å². The predicted octanol–water partition coefficient (Wildman–Crippen LogP) is 3.29. The number of amides is 1. The van der Waals surface area contributed by atoms with Gasteiger partial charge in [-0.3, -0.25) is 9.78 Å². The zero-order valence-corrected chi connectivity index (χ0v) is 22.4. The summed E-state index contributed by atoms with van der Waals surface area (Å²) < 4.78 is 44.3. The van der Waals surface area contributed by atoms with Crippen molar-refractivity contribution in [3.05, 3.63) is 64.9 Å². The molecule has 5 rings (SSSR count). The van der Waals surface area contributed by atoms with Crippen LogP contribution in [-0.4, -0.2) is 51.3 Å². The lowest BCUT2D eigenvalue weighted by Crippen LogP contribution is -2.56. The highest BCUT2D eigenvalue weighted by molar-refractivity contribution is 6.00. The summed E-state index contributed by atoms with van der Waals surface area (Å²) in [6.45, 7) is 2.50. The Labute approximate surface area is 235 Å². The number of fused-ring (bicyclic) bond motifs is 1. The summed E-state index contributed by atoms with van der Waals surface area (Å²) >= 11 is 0. The van der Waals surface area contributed by atoms with Crippen LogP contribution in [-0.2, 0) is 6.42 Å². The van der Waals surface area contributed by atoms with Gasteiger partial charge in [-0.2, -0.15) is 0 Å². The average Bonchev–Trinajstić information content (AvgIpc) is 3.22. The highest BCUT2D eigenvalue weighted by Gasteiger charge is 2.36. The van der Waals surface area contributed by atoms with Gasteiger partial charge in [-0.05, 0) is 31.0 Å². The number of pyridine rings is 2. The van der Waals surface area contributed by atoms with E-state index in [9.17, 15) is 23.8 Å². The number of aliphatic hydroxyl groups excluding tert-OH is 2. The molecule has 3 aromatic rings. The van der Waals surface area contributed by atoms with Gasteiger partial charge in [-0.1, -0.05) is 13.0 Å². The van der Waals surface area contributed by atoms with Gasteiger partial charge in [0.2, 0.25) is 0 Å². The number of hydrogen-bond acceptors (Lipinski definition) is 7. The normalized spacial score (nSPS) is 22.1. The molecule has 0 spiro atoms. The first kappa shape index (κ1) is 30.6. The van der Waals surface area contributed by atoms with Gasteiger partial charge in [-0.25, -0.2) is 18.2 Å². The Morgan fingerprint density at radius 3 is 2.36 bits per heavy atom. The molecule has 1 aromatic carbocycles. The molecular formula is C26H28Cl2F3N5O3. The summed E-state index contributed by atoms with van der Waals surface area (Å²) in [5.41, 5.74) is 12.1. The maximum atomic E-state index is 15.4. The van der Waals surface area contributed by atoms with Crippen molar-refractivity contribution < 1.29 is 28.2 Å². The number of anilines is 1. The molecule has 0 radical (unpaired) electrons. The number of nitrogens with two attached hydrogens (primary N) is 2. The van der Waals surface area contributed by atoms with E-state index in [1.54, 1.807) is 0 Å². The molecule has 1 aliphatic carbocycles. The lowest BCUT2D eigenvalue weighted by Gasteiger charge is -2.41. The maximum Gasteiger partial charge on any atom is 0.267 e. The zero-order valence-electron chi connectivity index (χ0n) is 20.8. The molecule has 1 amide bonds. The van der Waals surface area contributed by atoms with Crippen molar-refractivity contribution in [3.8, 4) is 22.4 Å². The Morgan fingerprint density at radius 1 is 1.08 bits per heavy atom. The number of nitrogens with zero attached hydrogens (tertiary/aromatic N) is 3. The standard InChI is InChI=1S/C26H26F3N5O3.2ClH/c1-11-9-34(10-18(30)25(11)36)24-12-5-6-19(35)21(12)32-8-14(24)13-7-17(29)23(33-22(13)26(31)37)20-15(27)3-2-4-16(20)28;;/h2-4,7-8,11,18-19,25,35-36H,5-6,9-10,30H2,1H3,(H2,31,37);2*1H/t11-,18+,19+,25+;;/m0../s1. The third kappa shape index (κ3) is 5.29. The Morgan fingerprint density at radius 2 is 1.74 bits per heavy atom. The fourth-order valence-corrected chi connectivity index (χ4v) is 5.35. The van der Waals surface area contributed by atoms with Crippen LogP contribution in [0.3, 0.4) is 0 Å². The van der Waals surface area contributed by atoms with E-state index in [0.29, 0.717) is 41.9 Å². The molecule has 3 heterocycles. The first-order valence-corrected chi connectivity index (χ1v) is 11.9. The Hall–Kier alpha value is -2.96. The number of benzene rings is 1. The Bertz CT molecular complexity index is 1380. The third-order valence-electron chi connectivity index (χ3n) is 7.14. The molecule has 2 aliphatic rings. The lowest BCUT2D eigenvalue weighted by molar-refractivity contribution is 0.0785. The second-order valence-corrected chi connectivity index (χ2v) is 9.65. The average molecular weight is 586 g/mol. The number of hydrogen-bond donors (Lipinski definition) is 4. The molecule has 1 fully saturated rings. The minimum Gasteiger partial charge on any atom is -0.391 e. The summed E-state index contributed by atoms with van der Waals surface area (Å²) in [5.74, 6) is -4.38. The first-order chi connectivity index (χ1) is 17.6. The molecule has 6 N–H and O–H groups in total. The number of halogens is 5. The number of aromatic nitrogens is 2. The molecule has 13 heteroatoms. The lowest BCUT2D eigenvalue weighted by atomic mass is 9.90. The number of piperidine rings is 1. The number of carbonyl (C=O) groups excluding carboxylic acids is 1. The van der Waals surface area contributed by atoms with Gasteiger partial charge in [0, 0.05) is 47.9 Å². The van der Waals surface area contributed by atoms with Crippen molar-refractivity contribution in [2.24, 2.45) is 17.4 Å². The van der Waals surface area contributed by atoms with Crippen LogP contribution in [0.1, 0.15) is 41.2 Å². The molecule has 4 atom stereocenters. The highest BCUT2D eigenvalue weighted by atomic mass is 35.5. The molecule has 0 unspecified atom stereocenters. The quantitative estimate of drug-likeness (QED) is 0.368. The SMILES string of the molecule is C[C@H]1CN(c2c(-c3cc(F)c(-c4c(F)cccc4F)nc3C(N)=O)cnc3c2CC[C@H]3O)C[C@@H](N)[C@@H]1O.Cl.Cl. The number of primary amides is 1. The summed E-state index contributed by atoms with van der Waals surface area (Å²) in [7, 11) is 0. The van der Waals surface area contributed by atoms with Crippen LogP contribution in [0.25, 0.3) is 22.4 Å². The second kappa shape index (κ2) is 11.6. The summed E-state index contributed by atoms with van der Waals surface area (Å²) in [6, 6.07) is 3.44. The van der Waals surface area contributed by atoms with E-state index in [4.69, 9.17) is 11.5 Å². The smallest absolute Gasteiger partial charge is 0.267 e. The van der Waals surface area contributed by atoms with Crippen molar-refractivity contribution in [1.82, 2.24) is 9.97 Å².